The van der Waals surface area contributed by atoms with Gasteiger partial charge >= 0.3 is 0 Å². The van der Waals surface area contributed by atoms with Crippen molar-refractivity contribution in [3.05, 3.63) is 64.7 Å². The van der Waals surface area contributed by atoms with Crippen molar-refractivity contribution >= 4 is 0 Å². The number of hydrogen-bond donors (Lipinski definition) is 1. The van der Waals surface area contributed by atoms with Gasteiger partial charge in [0.25, 0.3) is 0 Å². The Hall–Kier alpha value is -1.94. The topological polar surface area (TPSA) is 21.3 Å². The Morgan fingerprint density at radius 2 is 1.90 bits per heavy atom. The van der Waals surface area contributed by atoms with Crippen molar-refractivity contribution in [2.75, 3.05) is 13.7 Å². The van der Waals surface area contributed by atoms with Gasteiger partial charge in [-0.25, -0.2) is 8.78 Å². The Morgan fingerprint density at radius 1 is 1.14 bits per heavy atom. The number of benzene rings is 2. The Labute approximate surface area is 123 Å². The van der Waals surface area contributed by atoms with Gasteiger partial charge in [0, 0.05) is 5.56 Å². The summed E-state index contributed by atoms with van der Waals surface area (Å²) < 4.78 is 33.4. The first-order valence-corrected chi connectivity index (χ1v) is 6.93. The summed E-state index contributed by atoms with van der Waals surface area (Å²) in [5.74, 6) is -0.895. The molecule has 0 heterocycles. The van der Waals surface area contributed by atoms with Crippen LogP contribution in [-0.2, 0) is 0 Å². The second-order valence-electron chi connectivity index (χ2n) is 4.83. The number of nitrogens with one attached hydrogen (secondary N) is 1. The van der Waals surface area contributed by atoms with Crippen LogP contribution in [0.5, 0.6) is 5.75 Å². The number of ether oxygens (including phenoxy) is 1. The smallest absolute Gasteiger partial charge is 0.164 e. The minimum absolute atomic E-state index is 0.286. The maximum absolute atomic E-state index is 14.2. The Bertz CT molecular complexity index is 628. The lowest BCUT2D eigenvalue weighted by molar-refractivity contribution is 0.339. The van der Waals surface area contributed by atoms with Crippen molar-refractivity contribution < 1.29 is 13.5 Å². The lowest BCUT2D eigenvalue weighted by Gasteiger charge is -2.19. The fourth-order valence-electron chi connectivity index (χ4n) is 2.34. The van der Waals surface area contributed by atoms with Gasteiger partial charge in [0.1, 0.15) is 5.75 Å². The molecule has 1 N–H and O–H groups in total. The van der Waals surface area contributed by atoms with Crippen molar-refractivity contribution in [3.8, 4) is 5.75 Å². The van der Waals surface area contributed by atoms with Crippen LogP contribution >= 0.6 is 0 Å². The third kappa shape index (κ3) is 3.22. The summed E-state index contributed by atoms with van der Waals surface area (Å²) >= 11 is 0. The summed E-state index contributed by atoms with van der Waals surface area (Å²) in [7, 11) is 1.72. The molecule has 0 saturated heterocycles. The third-order valence-electron chi connectivity index (χ3n) is 3.41. The standard InChI is InChI=1S/C17H19F2NO/c1-4-21-13-7-5-6-12(10-13)17(20-3)14-9-8-11(2)15(18)16(14)19/h5-10,17,20H,4H2,1-3H3. The number of aryl methyl sites for hydroxylation is 1. The third-order valence-corrected chi connectivity index (χ3v) is 3.41. The van der Waals surface area contributed by atoms with E-state index < -0.39 is 17.7 Å². The van der Waals surface area contributed by atoms with E-state index in [4.69, 9.17) is 4.74 Å². The molecular weight excluding hydrogens is 272 g/mol. The molecule has 112 valence electrons. The first-order chi connectivity index (χ1) is 10.1. The van der Waals surface area contributed by atoms with E-state index in [0.29, 0.717) is 17.9 Å². The van der Waals surface area contributed by atoms with Crippen LogP contribution in [0.4, 0.5) is 8.78 Å². The lowest BCUT2D eigenvalue weighted by atomic mass is 9.97. The molecule has 0 spiro atoms. The molecule has 0 aliphatic carbocycles. The largest absolute Gasteiger partial charge is 0.494 e. The van der Waals surface area contributed by atoms with Gasteiger partial charge in [0.05, 0.1) is 12.6 Å². The quantitative estimate of drug-likeness (QED) is 0.899. The lowest BCUT2D eigenvalue weighted by Crippen LogP contribution is -2.19. The van der Waals surface area contributed by atoms with Gasteiger partial charge in [-0.1, -0.05) is 24.3 Å². The summed E-state index contributed by atoms with van der Waals surface area (Å²) in [6, 6.07) is 10.1. The number of hydrogen-bond acceptors (Lipinski definition) is 2. The fraction of sp³-hybridized carbons (Fsp3) is 0.294. The Balaban J connectivity index is 2.44. The average Bonchev–Trinajstić information content (AvgIpc) is 2.49. The van der Waals surface area contributed by atoms with Crippen LogP contribution in [0.15, 0.2) is 36.4 Å². The molecule has 0 radical (unpaired) electrons. The monoisotopic (exact) mass is 291 g/mol. The molecule has 2 rings (SSSR count). The van der Waals surface area contributed by atoms with Crippen molar-refractivity contribution in [3.63, 3.8) is 0 Å². The SMILES string of the molecule is CCOc1cccc(C(NC)c2ccc(C)c(F)c2F)c1. The molecule has 0 aliphatic rings. The Kier molecular flexibility index (Phi) is 4.91. The molecular formula is C17H19F2NO. The zero-order valence-corrected chi connectivity index (χ0v) is 12.4. The molecule has 2 aromatic carbocycles. The predicted molar refractivity (Wildman–Crippen MR) is 79.6 cm³/mol. The van der Waals surface area contributed by atoms with Gasteiger partial charge in [0.15, 0.2) is 11.6 Å². The summed E-state index contributed by atoms with van der Waals surface area (Å²) in [5, 5.41) is 3.03. The first-order valence-electron chi connectivity index (χ1n) is 6.93. The van der Waals surface area contributed by atoms with Gasteiger partial charge in [-0.15, -0.1) is 0 Å². The van der Waals surface area contributed by atoms with Crippen LogP contribution in [0.25, 0.3) is 0 Å². The molecule has 2 aromatic rings. The van der Waals surface area contributed by atoms with Crippen molar-refractivity contribution in [1.29, 1.82) is 0 Å². The molecule has 21 heavy (non-hydrogen) atoms. The van der Waals surface area contributed by atoms with E-state index in [-0.39, 0.29) is 5.56 Å². The van der Waals surface area contributed by atoms with Crippen molar-refractivity contribution in [2.45, 2.75) is 19.9 Å². The molecule has 0 aromatic heterocycles. The summed E-state index contributed by atoms with van der Waals surface area (Å²) in [5.41, 5.74) is 1.41. The minimum Gasteiger partial charge on any atom is -0.494 e. The van der Waals surface area contributed by atoms with E-state index in [1.54, 1.807) is 26.1 Å². The maximum atomic E-state index is 14.2. The maximum Gasteiger partial charge on any atom is 0.164 e. The van der Waals surface area contributed by atoms with Gasteiger partial charge in [-0.05, 0) is 44.2 Å². The highest BCUT2D eigenvalue weighted by Gasteiger charge is 2.20. The predicted octanol–water partition coefficient (Wildman–Crippen LogP) is 3.98. The highest BCUT2D eigenvalue weighted by atomic mass is 19.2. The molecule has 2 nitrogen and oxygen atoms in total. The molecule has 0 bridgehead atoms. The summed E-state index contributed by atoms with van der Waals surface area (Å²) in [4.78, 5) is 0. The van der Waals surface area contributed by atoms with Crippen LogP contribution in [0.3, 0.4) is 0 Å². The van der Waals surface area contributed by atoms with Crippen LogP contribution in [0.2, 0.25) is 0 Å². The van der Waals surface area contributed by atoms with Crippen LogP contribution < -0.4 is 10.1 Å². The second-order valence-corrected chi connectivity index (χ2v) is 4.83. The van der Waals surface area contributed by atoms with Crippen LogP contribution in [-0.4, -0.2) is 13.7 Å². The fourth-order valence-corrected chi connectivity index (χ4v) is 2.34. The first kappa shape index (κ1) is 15.4. The molecule has 1 unspecified atom stereocenters. The van der Waals surface area contributed by atoms with Crippen molar-refractivity contribution in [2.24, 2.45) is 0 Å². The normalized spacial score (nSPS) is 12.2. The zero-order chi connectivity index (χ0) is 15.4. The summed E-state index contributed by atoms with van der Waals surface area (Å²) in [6.45, 7) is 4.00. The van der Waals surface area contributed by atoms with E-state index >= 15 is 0 Å². The van der Waals surface area contributed by atoms with E-state index in [1.165, 1.54) is 0 Å². The molecule has 4 heteroatoms. The summed E-state index contributed by atoms with van der Waals surface area (Å²) in [6.07, 6.45) is 0. The van der Waals surface area contributed by atoms with Gasteiger partial charge in [-0.2, -0.15) is 0 Å². The number of rotatable bonds is 5. The minimum atomic E-state index is -0.809. The zero-order valence-electron chi connectivity index (χ0n) is 12.4. The molecule has 0 fully saturated rings. The molecule has 0 aliphatic heterocycles. The van der Waals surface area contributed by atoms with Crippen LogP contribution in [0, 0.1) is 18.6 Å². The highest BCUT2D eigenvalue weighted by Crippen LogP contribution is 2.28. The average molecular weight is 291 g/mol. The van der Waals surface area contributed by atoms with E-state index in [9.17, 15) is 8.78 Å². The molecule has 1 atom stereocenters. The van der Waals surface area contributed by atoms with Crippen LogP contribution in [0.1, 0.15) is 29.7 Å². The highest BCUT2D eigenvalue weighted by molar-refractivity contribution is 5.38. The molecule has 0 saturated carbocycles. The van der Waals surface area contributed by atoms with Gasteiger partial charge in [0.2, 0.25) is 0 Å². The second kappa shape index (κ2) is 6.68. The van der Waals surface area contributed by atoms with Crippen molar-refractivity contribution in [1.82, 2.24) is 5.32 Å². The molecule has 0 amide bonds. The van der Waals surface area contributed by atoms with E-state index in [0.717, 1.165) is 5.56 Å². The van der Waals surface area contributed by atoms with E-state index in [1.807, 2.05) is 31.2 Å². The Morgan fingerprint density at radius 3 is 2.57 bits per heavy atom. The van der Waals surface area contributed by atoms with Gasteiger partial charge < -0.3 is 10.1 Å². The van der Waals surface area contributed by atoms with E-state index in [2.05, 4.69) is 5.32 Å². The number of halogens is 2. The van der Waals surface area contributed by atoms with Gasteiger partial charge in [-0.3, -0.25) is 0 Å².